The van der Waals surface area contributed by atoms with Crippen molar-refractivity contribution in [1.82, 2.24) is 5.32 Å². The zero-order chi connectivity index (χ0) is 14.7. The van der Waals surface area contributed by atoms with Crippen molar-refractivity contribution in [2.24, 2.45) is 5.92 Å². The lowest BCUT2D eigenvalue weighted by atomic mass is 9.98. The maximum absolute atomic E-state index is 13.0. The molecule has 1 aromatic rings. The molecule has 1 aromatic carbocycles. The van der Waals surface area contributed by atoms with E-state index >= 15 is 0 Å². The number of nitrogens with zero attached hydrogens (tertiary/aromatic N) is 1. The number of rotatable bonds is 3. The van der Waals surface area contributed by atoms with Crippen LogP contribution in [0.4, 0.5) is 10.1 Å². The predicted molar refractivity (Wildman–Crippen MR) is 74.8 cm³/mol. The van der Waals surface area contributed by atoms with E-state index in [1.54, 1.807) is 17.0 Å². The van der Waals surface area contributed by atoms with Gasteiger partial charge in [-0.3, -0.25) is 9.59 Å². The number of carbonyl (C=O) groups is 2. The SMILES string of the molecule is CCC(C)C1NC(=O)CCN(c2ccc(F)cc2)C1=O. The summed E-state index contributed by atoms with van der Waals surface area (Å²) < 4.78 is 13.0. The average molecular weight is 278 g/mol. The average Bonchev–Trinajstić information content (AvgIpc) is 2.59. The Bertz CT molecular complexity index is 501. The summed E-state index contributed by atoms with van der Waals surface area (Å²) >= 11 is 0. The van der Waals surface area contributed by atoms with Gasteiger partial charge >= 0.3 is 0 Å². The van der Waals surface area contributed by atoms with Crippen LogP contribution in [0.15, 0.2) is 24.3 Å². The molecule has 0 aliphatic carbocycles. The molecule has 2 rings (SSSR count). The van der Waals surface area contributed by atoms with E-state index in [9.17, 15) is 14.0 Å². The molecular weight excluding hydrogens is 259 g/mol. The molecule has 1 heterocycles. The van der Waals surface area contributed by atoms with E-state index in [0.717, 1.165) is 6.42 Å². The van der Waals surface area contributed by atoms with Gasteiger partial charge in [-0.05, 0) is 30.2 Å². The molecule has 0 bridgehead atoms. The first-order chi connectivity index (χ1) is 9.52. The molecular formula is C15H19FN2O2. The van der Waals surface area contributed by atoms with Crippen LogP contribution < -0.4 is 10.2 Å². The topological polar surface area (TPSA) is 49.4 Å². The van der Waals surface area contributed by atoms with Crippen LogP contribution in [-0.4, -0.2) is 24.4 Å². The number of halogens is 1. The van der Waals surface area contributed by atoms with E-state index < -0.39 is 6.04 Å². The minimum Gasteiger partial charge on any atom is -0.344 e. The molecule has 1 aliphatic rings. The third-order valence-corrected chi connectivity index (χ3v) is 3.76. The number of anilines is 1. The molecule has 1 N–H and O–H groups in total. The van der Waals surface area contributed by atoms with Crippen LogP contribution in [0.2, 0.25) is 0 Å². The number of hydrogen-bond donors (Lipinski definition) is 1. The van der Waals surface area contributed by atoms with Crippen molar-refractivity contribution in [2.45, 2.75) is 32.7 Å². The second kappa shape index (κ2) is 6.03. The smallest absolute Gasteiger partial charge is 0.249 e. The molecule has 1 saturated heterocycles. The van der Waals surface area contributed by atoms with E-state index in [1.165, 1.54) is 12.1 Å². The second-order valence-corrected chi connectivity index (χ2v) is 5.15. The molecule has 1 aliphatic heterocycles. The van der Waals surface area contributed by atoms with Gasteiger partial charge in [0.05, 0.1) is 0 Å². The van der Waals surface area contributed by atoms with Gasteiger partial charge in [0, 0.05) is 18.7 Å². The molecule has 5 heteroatoms. The molecule has 0 aromatic heterocycles. The Morgan fingerprint density at radius 3 is 2.60 bits per heavy atom. The lowest BCUT2D eigenvalue weighted by Crippen LogP contribution is -2.48. The third kappa shape index (κ3) is 2.98. The highest BCUT2D eigenvalue weighted by Gasteiger charge is 2.33. The first-order valence-electron chi connectivity index (χ1n) is 6.89. The first-order valence-corrected chi connectivity index (χ1v) is 6.89. The van der Waals surface area contributed by atoms with E-state index in [1.807, 2.05) is 13.8 Å². The van der Waals surface area contributed by atoms with Crippen LogP contribution in [0.3, 0.4) is 0 Å². The van der Waals surface area contributed by atoms with Gasteiger partial charge in [0.1, 0.15) is 11.9 Å². The van der Waals surface area contributed by atoms with Gasteiger partial charge in [-0.15, -0.1) is 0 Å². The minimum atomic E-state index is -0.514. The van der Waals surface area contributed by atoms with Crippen molar-refractivity contribution >= 4 is 17.5 Å². The van der Waals surface area contributed by atoms with Gasteiger partial charge in [0.2, 0.25) is 11.8 Å². The van der Waals surface area contributed by atoms with Crippen molar-refractivity contribution in [3.05, 3.63) is 30.1 Å². The summed E-state index contributed by atoms with van der Waals surface area (Å²) in [7, 11) is 0. The van der Waals surface area contributed by atoms with E-state index in [2.05, 4.69) is 5.32 Å². The van der Waals surface area contributed by atoms with Gasteiger partial charge in [0.15, 0.2) is 0 Å². The predicted octanol–water partition coefficient (Wildman–Crippen LogP) is 2.09. The monoisotopic (exact) mass is 278 g/mol. The summed E-state index contributed by atoms with van der Waals surface area (Å²) in [5.74, 6) is -0.527. The molecule has 2 atom stereocenters. The summed E-state index contributed by atoms with van der Waals surface area (Å²) in [4.78, 5) is 25.9. The van der Waals surface area contributed by atoms with Crippen LogP contribution in [0.5, 0.6) is 0 Å². The fourth-order valence-corrected chi connectivity index (χ4v) is 2.30. The van der Waals surface area contributed by atoms with Gasteiger partial charge < -0.3 is 10.2 Å². The number of benzene rings is 1. The van der Waals surface area contributed by atoms with Gasteiger partial charge in [0.25, 0.3) is 0 Å². The van der Waals surface area contributed by atoms with Crippen molar-refractivity contribution in [2.75, 3.05) is 11.4 Å². The molecule has 0 saturated carbocycles. The highest BCUT2D eigenvalue weighted by molar-refractivity contribution is 6.01. The fraction of sp³-hybridized carbons (Fsp3) is 0.467. The molecule has 20 heavy (non-hydrogen) atoms. The van der Waals surface area contributed by atoms with Crippen molar-refractivity contribution < 1.29 is 14.0 Å². The van der Waals surface area contributed by atoms with Crippen molar-refractivity contribution in [3.8, 4) is 0 Å². The number of nitrogens with one attached hydrogen (secondary N) is 1. The Morgan fingerprint density at radius 1 is 1.35 bits per heavy atom. The quantitative estimate of drug-likeness (QED) is 0.920. The first kappa shape index (κ1) is 14.5. The maximum Gasteiger partial charge on any atom is 0.249 e. The van der Waals surface area contributed by atoms with Crippen molar-refractivity contribution in [3.63, 3.8) is 0 Å². The lowest BCUT2D eigenvalue weighted by molar-refractivity contribution is -0.126. The lowest BCUT2D eigenvalue weighted by Gasteiger charge is -2.27. The Hall–Kier alpha value is -1.91. The summed E-state index contributed by atoms with van der Waals surface area (Å²) in [5, 5.41) is 2.79. The Labute approximate surface area is 118 Å². The third-order valence-electron chi connectivity index (χ3n) is 3.76. The van der Waals surface area contributed by atoms with Crippen molar-refractivity contribution in [1.29, 1.82) is 0 Å². The van der Waals surface area contributed by atoms with Crippen LogP contribution in [0.1, 0.15) is 26.7 Å². The highest BCUT2D eigenvalue weighted by atomic mass is 19.1. The highest BCUT2D eigenvalue weighted by Crippen LogP contribution is 2.21. The second-order valence-electron chi connectivity index (χ2n) is 5.15. The van der Waals surface area contributed by atoms with Gasteiger partial charge in [-0.25, -0.2) is 4.39 Å². The van der Waals surface area contributed by atoms with Gasteiger partial charge in [-0.1, -0.05) is 20.3 Å². The van der Waals surface area contributed by atoms with Crippen LogP contribution in [0, 0.1) is 11.7 Å². The summed E-state index contributed by atoms with van der Waals surface area (Å²) in [6, 6.07) is 5.26. The van der Waals surface area contributed by atoms with Crippen LogP contribution in [-0.2, 0) is 9.59 Å². The van der Waals surface area contributed by atoms with Gasteiger partial charge in [-0.2, -0.15) is 0 Å². The number of hydrogen-bond acceptors (Lipinski definition) is 2. The fourth-order valence-electron chi connectivity index (χ4n) is 2.30. The number of carbonyl (C=O) groups excluding carboxylic acids is 2. The Balaban J connectivity index is 2.29. The normalized spacial score (nSPS) is 21.4. The zero-order valence-corrected chi connectivity index (χ0v) is 11.7. The van der Waals surface area contributed by atoms with E-state index in [-0.39, 0.29) is 30.0 Å². The summed E-state index contributed by atoms with van der Waals surface area (Å²) in [6.45, 7) is 4.25. The van der Waals surface area contributed by atoms with Crippen LogP contribution >= 0.6 is 0 Å². The molecule has 108 valence electrons. The zero-order valence-electron chi connectivity index (χ0n) is 11.7. The maximum atomic E-state index is 13.0. The molecule has 2 unspecified atom stereocenters. The number of amides is 2. The molecule has 0 spiro atoms. The van der Waals surface area contributed by atoms with Crippen LogP contribution in [0.25, 0.3) is 0 Å². The van der Waals surface area contributed by atoms with E-state index in [4.69, 9.17) is 0 Å². The Morgan fingerprint density at radius 2 is 2.00 bits per heavy atom. The standard InChI is InChI=1S/C15H19FN2O2/c1-3-10(2)14-15(20)18(9-8-13(19)17-14)12-6-4-11(16)5-7-12/h4-7,10,14H,3,8-9H2,1-2H3,(H,17,19). The molecule has 0 radical (unpaired) electrons. The molecule has 1 fully saturated rings. The molecule has 4 nitrogen and oxygen atoms in total. The summed E-state index contributed by atoms with van der Waals surface area (Å²) in [5.41, 5.74) is 0.626. The summed E-state index contributed by atoms with van der Waals surface area (Å²) in [6.07, 6.45) is 1.06. The molecule has 2 amide bonds. The minimum absolute atomic E-state index is 0.0625. The van der Waals surface area contributed by atoms with E-state index in [0.29, 0.717) is 12.2 Å². The largest absolute Gasteiger partial charge is 0.344 e. The Kier molecular flexibility index (Phi) is 4.37.